The Bertz CT molecular complexity index is 654. The molecule has 0 radical (unpaired) electrons. The number of benzene rings is 1. The molecule has 0 spiro atoms. The molecule has 0 bridgehead atoms. The molecule has 1 unspecified atom stereocenters. The molecule has 0 aliphatic rings. The highest BCUT2D eigenvalue weighted by atomic mass is 16.4. The van der Waals surface area contributed by atoms with Crippen LogP contribution in [0, 0.1) is 0 Å². The number of carboxylic acid groups (broad SMARTS) is 1. The second-order valence-corrected chi connectivity index (χ2v) is 5.30. The summed E-state index contributed by atoms with van der Waals surface area (Å²) in [5, 5.41) is 11.8. The van der Waals surface area contributed by atoms with E-state index in [-0.39, 0.29) is 12.2 Å². The molecule has 2 aromatic rings. The standard InChI is InChI=1S/C18H21NO4/c1-3-12-10-16(23-15(12)4-2)18(22)19-14(11-17(20)21)13-8-6-5-7-9-13/h5-10,14H,3-4,11H2,1-2H3,(H,19,22)(H,20,21). The fraction of sp³-hybridized carbons (Fsp3) is 0.333. The van der Waals surface area contributed by atoms with Crippen molar-refractivity contribution >= 4 is 11.9 Å². The van der Waals surface area contributed by atoms with Crippen molar-refractivity contribution in [3.63, 3.8) is 0 Å². The summed E-state index contributed by atoms with van der Waals surface area (Å²) in [6.45, 7) is 3.97. The van der Waals surface area contributed by atoms with Crippen LogP contribution in [0.2, 0.25) is 0 Å². The second-order valence-electron chi connectivity index (χ2n) is 5.30. The number of aliphatic carboxylic acids is 1. The maximum Gasteiger partial charge on any atom is 0.305 e. The van der Waals surface area contributed by atoms with Gasteiger partial charge in [-0.1, -0.05) is 44.2 Å². The van der Waals surface area contributed by atoms with Gasteiger partial charge in [0.05, 0.1) is 12.5 Å². The average Bonchev–Trinajstić information content (AvgIpc) is 2.98. The summed E-state index contributed by atoms with van der Waals surface area (Å²) in [4.78, 5) is 23.5. The topological polar surface area (TPSA) is 79.5 Å². The molecule has 0 saturated carbocycles. The molecule has 0 saturated heterocycles. The predicted molar refractivity (Wildman–Crippen MR) is 86.4 cm³/mol. The van der Waals surface area contributed by atoms with Gasteiger partial charge in [0.1, 0.15) is 5.76 Å². The molecule has 2 rings (SSSR count). The first kappa shape index (κ1) is 16.8. The number of hydrogen-bond acceptors (Lipinski definition) is 3. The lowest BCUT2D eigenvalue weighted by Crippen LogP contribution is -2.29. The summed E-state index contributed by atoms with van der Waals surface area (Å²) in [7, 11) is 0. The maximum atomic E-state index is 12.4. The molecule has 5 nitrogen and oxygen atoms in total. The number of furan rings is 1. The molecular weight excluding hydrogens is 294 g/mol. The van der Waals surface area contributed by atoms with Crippen LogP contribution in [-0.2, 0) is 17.6 Å². The zero-order valence-electron chi connectivity index (χ0n) is 13.3. The molecule has 122 valence electrons. The smallest absolute Gasteiger partial charge is 0.305 e. The highest BCUT2D eigenvalue weighted by Gasteiger charge is 2.21. The zero-order chi connectivity index (χ0) is 16.8. The number of rotatable bonds is 7. The van der Waals surface area contributed by atoms with Crippen molar-refractivity contribution < 1.29 is 19.1 Å². The minimum atomic E-state index is -0.970. The van der Waals surface area contributed by atoms with Crippen LogP contribution in [0.4, 0.5) is 0 Å². The average molecular weight is 315 g/mol. The number of amides is 1. The van der Waals surface area contributed by atoms with Crippen LogP contribution < -0.4 is 5.32 Å². The molecule has 2 N–H and O–H groups in total. The number of carbonyl (C=O) groups excluding carboxylic acids is 1. The lowest BCUT2D eigenvalue weighted by atomic mass is 10.0. The number of nitrogens with one attached hydrogen (secondary N) is 1. The van der Waals surface area contributed by atoms with E-state index in [0.717, 1.165) is 23.3 Å². The molecule has 1 atom stereocenters. The molecule has 23 heavy (non-hydrogen) atoms. The highest BCUT2D eigenvalue weighted by Crippen LogP contribution is 2.20. The molecule has 1 amide bonds. The third kappa shape index (κ3) is 4.22. The molecular formula is C18H21NO4. The van der Waals surface area contributed by atoms with Crippen LogP contribution in [0.15, 0.2) is 40.8 Å². The van der Waals surface area contributed by atoms with E-state index in [4.69, 9.17) is 9.52 Å². The van der Waals surface area contributed by atoms with Crippen molar-refractivity contribution in [2.45, 2.75) is 39.2 Å². The van der Waals surface area contributed by atoms with Gasteiger partial charge in [-0.15, -0.1) is 0 Å². The summed E-state index contributed by atoms with van der Waals surface area (Å²) in [6.07, 6.45) is 1.32. The van der Waals surface area contributed by atoms with Crippen molar-refractivity contribution in [1.82, 2.24) is 5.32 Å². The van der Waals surface area contributed by atoms with Gasteiger partial charge in [0.25, 0.3) is 5.91 Å². The Morgan fingerprint density at radius 3 is 2.39 bits per heavy atom. The van der Waals surface area contributed by atoms with Crippen LogP contribution in [-0.4, -0.2) is 17.0 Å². The van der Waals surface area contributed by atoms with Crippen molar-refractivity contribution in [3.8, 4) is 0 Å². The Morgan fingerprint density at radius 2 is 1.87 bits per heavy atom. The fourth-order valence-corrected chi connectivity index (χ4v) is 2.52. The number of aryl methyl sites for hydroxylation is 2. The van der Waals surface area contributed by atoms with Gasteiger partial charge in [-0.2, -0.15) is 0 Å². The monoisotopic (exact) mass is 315 g/mol. The van der Waals surface area contributed by atoms with Crippen molar-refractivity contribution in [2.75, 3.05) is 0 Å². The SMILES string of the molecule is CCc1cc(C(=O)NC(CC(=O)O)c2ccccc2)oc1CC. The summed E-state index contributed by atoms with van der Waals surface area (Å²) in [6, 6.07) is 10.2. The Hall–Kier alpha value is -2.56. The summed E-state index contributed by atoms with van der Waals surface area (Å²) >= 11 is 0. The molecule has 0 aliphatic heterocycles. The van der Waals surface area contributed by atoms with E-state index in [9.17, 15) is 9.59 Å². The highest BCUT2D eigenvalue weighted by molar-refractivity contribution is 5.92. The molecule has 0 aliphatic carbocycles. The predicted octanol–water partition coefficient (Wildman–Crippen LogP) is 3.35. The van der Waals surface area contributed by atoms with E-state index in [1.165, 1.54) is 0 Å². The number of carboxylic acids is 1. The summed E-state index contributed by atoms with van der Waals surface area (Å²) in [5.41, 5.74) is 1.76. The van der Waals surface area contributed by atoms with Crippen LogP contribution in [0.5, 0.6) is 0 Å². The normalized spacial score (nSPS) is 11.9. The molecule has 5 heteroatoms. The van der Waals surface area contributed by atoms with Crippen molar-refractivity contribution in [2.24, 2.45) is 0 Å². The number of carbonyl (C=O) groups is 2. The van der Waals surface area contributed by atoms with E-state index in [0.29, 0.717) is 6.42 Å². The first-order chi connectivity index (χ1) is 11.0. The van der Waals surface area contributed by atoms with Gasteiger partial charge in [0, 0.05) is 6.42 Å². The van der Waals surface area contributed by atoms with Gasteiger partial charge in [0.15, 0.2) is 5.76 Å². The van der Waals surface area contributed by atoms with Gasteiger partial charge in [0.2, 0.25) is 0 Å². The van der Waals surface area contributed by atoms with E-state index < -0.39 is 17.9 Å². The maximum absolute atomic E-state index is 12.4. The number of hydrogen-bond donors (Lipinski definition) is 2. The second kappa shape index (κ2) is 7.63. The van der Waals surface area contributed by atoms with E-state index >= 15 is 0 Å². The van der Waals surface area contributed by atoms with Gasteiger partial charge >= 0.3 is 5.97 Å². The molecule has 1 aromatic heterocycles. The van der Waals surface area contributed by atoms with Gasteiger partial charge in [-0.05, 0) is 23.6 Å². The van der Waals surface area contributed by atoms with Gasteiger partial charge in [-0.25, -0.2) is 0 Å². The van der Waals surface area contributed by atoms with Crippen molar-refractivity contribution in [1.29, 1.82) is 0 Å². The van der Waals surface area contributed by atoms with Crippen LogP contribution >= 0.6 is 0 Å². The third-order valence-electron chi connectivity index (χ3n) is 3.71. The van der Waals surface area contributed by atoms with Gasteiger partial charge < -0.3 is 14.8 Å². The largest absolute Gasteiger partial charge is 0.481 e. The minimum Gasteiger partial charge on any atom is -0.481 e. The first-order valence-corrected chi connectivity index (χ1v) is 7.74. The lowest BCUT2D eigenvalue weighted by Gasteiger charge is -2.16. The quantitative estimate of drug-likeness (QED) is 0.821. The first-order valence-electron chi connectivity index (χ1n) is 7.74. The summed E-state index contributed by atoms with van der Waals surface area (Å²) < 4.78 is 5.60. The van der Waals surface area contributed by atoms with Crippen LogP contribution in [0.25, 0.3) is 0 Å². The Morgan fingerprint density at radius 1 is 1.17 bits per heavy atom. The Labute approximate surface area is 135 Å². The molecule has 1 aromatic carbocycles. The Kier molecular flexibility index (Phi) is 5.57. The Balaban J connectivity index is 2.20. The third-order valence-corrected chi connectivity index (χ3v) is 3.71. The fourth-order valence-electron chi connectivity index (χ4n) is 2.52. The zero-order valence-corrected chi connectivity index (χ0v) is 13.3. The van der Waals surface area contributed by atoms with Crippen molar-refractivity contribution in [3.05, 3.63) is 59.0 Å². The van der Waals surface area contributed by atoms with E-state index in [2.05, 4.69) is 5.32 Å². The van der Waals surface area contributed by atoms with Crippen LogP contribution in [0.1, 0.15) is 53.8 Å². The van der Waals surface area contributed by atoms with E-state index in [1.807, 2.05) is 32.0 Å². The van der Waals surface area contributed by atoms with Crippen LogP contribution in [0.3, 0.4) is 0 Å². The molecule has 0 fully saturated rings. The molecule has 1 heterocycles. The van der Waals surface area contributed by atoms with Gasteiger partial charge in [-0.3, -0.25) is 9.59 Å². The van der Waals surface area contributed by atoms with E-state index in [1.54, 1.807) is 18.2 Å². The minimum absolute atomic E-state index is 0.183. The summed E-state index contributed by atoms with van der Waals surface area (Å²) in [5.74, 6) is -0.339. The lowest BCUT2D eigenvalue weighted by molar-refractivity contribution is -0.137.